The molecule has 1 heterocycles. The Kier molecular flexibility index (Phi) is 5.58. The molecule has 2 aromatic rings. The van der Waals surface area contributed by atoms with E-state index in [9.17, 15) is 13.2 Å². The van der Waals surface area contributed by atoms with Crippen molar-refractivity contribution < 1.29 is 17.7 Å². The third kappa shape index (κ3) is 4.53. The highest BCUT2D eigenvalue weighted by Crippen LogP contribution is 2.14. The summed E-state index contributed by atoms with van der Waals surface area (Å²) in [6.07, 6.45) is 0. The number of sulfonamides is 1. The van der Waals surface area contributed by atoms with Crippen LogP contribution >= 0.6 is 11.6 Å². The number of halogens is 1. The van der Waals surface area contributed by atoms with Gasteiger partial charge >= 0.3 is 0 Å². The highest BCUT2D eigenvalue weighted by molar-refractivity contribution is 7.89. The Balaban J connectivity index is 2.01. The first kappa shape index (κ1) is 18.4. The molecule has 0 spiro atoms. The summed E-state index contributed by atoms with van der Waals surface area (Å²) in [7, 11) is -3.84. The molecule has 1 unspecified atom stereocenters. The molecule has 10 heteroatoms. The molecule has 0 fully saturated rings. The zero-order valence-electron chi connectivity index (χ0n) is 13.3. The molecule has 0 aliphatic carbocycles. The number of amides is 1. The van der Waals surface area contributed by atoms with E-state index in [1.807, 2.05) is 0 Å². The molecule has 2 rings (SSSR count). The molecule has 1 aromatic heterocycles. The average molecular weight is 373 g/mol. The van der Waals surface area contributed by atoms with Crippen LogP contribution in [0.3, 0.4) is 0 Å². The van der Waals surface area contributed by atoms with Gasteiger partial charge in [0.05, 0.1) is 10.9 Å². The molecule has 130 valence electrons. The van der Waals surface area contributed by atoms with E-state index >= 15 is 0 Å². The maximum Gasteiger partial charge on any atom is 0.248 e. The van der Waals surface area contributed by atoms with Crippen molar-refractivity contribution in [2.45, 2.75) is 37.8 Å². The Labute approximate surface area is 144 Å². The summed E-state index contributed by atoms with van der Waals surface area (Å²) in [6, 6.07) is 4.11. The number of rotatable bonds is 6. The zero-order chi connectivity index (χ0) is 17.9. The van der Waals surface area contributed by atoms with Crippen molar-refractivity contribution in [3.63, 3.8) is 0 Å². The molecule has 1 amide bonds. The zero-order valence-corrected chi connectivity index (χ0v) is 14.9. The van der Waals surface area contributed by atoms with Gasteiger partial charge in [-0.1, -0.05) is 16.8 Å². The van der Waals surface area contributed by atoms with E-state index in [1.54, 1.807) is 13.8 Å². The van der Waals surface area contributed by atoms with E-state index in [2.05, 4.69) is 20.2 Å². The van der Waals surface area contributed by atoms with Crippen molar-refractivity contribution in [3.05, 3.63) is 41.0 Å². The Hall–Kier alpha value is -1.97. The molecule has 0 saturated heterocycles. The van der Waals surface area contributed by atoms with Gasteiger partial charge in [0, 0.05) is 5.02 Å². The second-order valence-electron chi connectivity index (χ2n) is 5.21. The van der Waals surface area contributed by atoms with Gasteiger partial charge in [0.1, 0.15) is 6.04 Å². The molecule has 8 nitrogen and oxygen atoms in total. The summed E-state index contributed by atoms with van der Waals surface area (Å²) in [5.74, 6) is 0.173. The van der Waals surface area contributed by atoms with Gasteiger partial charge < -0.3 is 9.84 Å². The van der Waals surface area contributed by atoms with Crippen LogP contribution in [0, 0.1) is 6.92 Å². The number of hydrogen-bond acceptors (Lipinski definition) is 6. The number of aromatic nitrogens is 2. The van der Waals surface area contributed by atoms with Crippen LogP contribution in [0.1, 0.15) is 31.6 Å². The fourth-order valence-electron chi connectivity index (χ4n) is 1.86. The van der Waals surface area contributed by atoms with Gasteiger partial charge in [-0.15, -0.1) is 0 Å². The van der Waals surface area contributed by atoms with Crippen molar-refractivity contribution in [3.8, 4) is 0 Å². The predicted octanol–water partition coefficient (Wildman–Crippen LogP) is 1.58. The van der Waals surface area contributed by atoms with E-state index in [4.69, 9.17) is 16.1 Å². The van der Waals surface area contributed by atoms with Crippen molar-refractivity contribution in [2.24, 2.45) is 0 Å². The van der Waals surface area contributed by atoms with Crippen LogP contribution in [0.4, 0.5) is 0 Å². The third-order valence-electron chi connectivity index (χ3n) is 3.12. The van der Waals surface area contributed by atoms with Crippen LogP contribution in [0.2, 0.25) is 5.02 Å². The monoisotopic (exact) mass is 372 g/mol. The largest absolute Gasteiger partial charge is 0.343 e. The number of hydrogen-bond donors (Lipinski definition) is 2. The van der Waals surface area contributed by atoms with Crippen molar-refractivity contribution in [1.29, 1.82) is 0 Å². The van der Waals surface area contributed by atoms with Gasteiger partial charge in [-0.2, -0.15) is 9.71 Å². The summed E-state index contributed by atoms with van der Waals surface area (Å²) >= 11 is 5.74. The van der Waals surface area contributed by atoms with E-state index < -0.39 is 28.0 Å². The lowest BCUT2D eigenvalue weighted by atomic mass is 10.3. The van der Waals surface area contributed by atoms with Gasteiger partial charge in [-0.05, 0) is 45.0 Å². The Morgan fingerprint density at radius 1 is 1.25 bits per heavy atom. The van der Waals surface area contributed by atoms with E-state index in [-0.39, 0.29) is 10.8 Å². The summed E-state index contributed by atoms with van der Waals surface area (Å²) < 4.78 is 31.8. The van der Waals surface area contributed by atoms with Gasteiger partial charge in [0.2, 0.25) is 21.8 Å². The first-order valence-corrected chi connectivity index (χ1v) is 8.93. The molecular formula is C14H17ClN4O4S. The van der Waals surface area contributed by atoms with Crippen LogP contribution in [-0.2, 0) is 14.8 Å². The van der Waals surface area contributed by atoms with E-state index in [1.165, 1.54) is 31.2 Å². The number of nitrogens with one attached hydrogen (secondary N) is 2. The maximum absolute atomic E-state index is 12.2. The SMILES string of the molecule is Cc1noc(C(C)NC(=O)[C@H](C)NS(=O)(=O)c2ccc(Cl)cc2)n1. The molecule has 0 aliphatic heterocycles. The van der Waals surface area contributed by atoms with Gasteiger partial charge in [0.15, 0.2) is 5.82 Å². The lowest BCUT2D eigenvalue weighted by molar-refractivity contribution is -0.123. The van der Waals surface area contributed by atoms with E-state index in [0.29, 0.717) is 10.8 Å². The minimum atomic E-state index is -3.84. The summed E-state index contributed by atoms with van der Waals surface area (Å²) in [6.45, 7) is 4.75. The lowest BCUT2D eigenvalue weighted by Crippen LogP contribution is -2.45. The molecule has 24 heavy (non-hydrogen) atoms. The average Bonchev–Trinajstić information content (AvgIpc) is 2.94. The Bertz CT molecular complexity index is 820. The summed E-state index contributed by atoms with van der Waals surface area (Å²) in [5, 5.41) is 6.67. The lowest BCUT2D eigenvalue weighted by Gasteiger charge is -2.16. The van der Waals surface area contributed by atoms with E-state index in [0.717, 1.165) is 0 Å². The highest BCUT2D eigenvalue weighted by Gasteiger charge is 2.24. The topological polar surface area (TPSA) is 114 Å². The van der Waals surface area contributed by atoms with Crippen LogP contribution in [0.25, 0.3) is 0 Å². The van der Waals surface area contributed by atoms with Crippen molar-refractivity contribution >= 4 is 27.5 Å². The third-order valence-corrected chi connectivity index (χ3v) is 4.93. The second-order valence-corrected chi connectivity index (χ2v) is 7.36. The number of benzene rings is 1. The second kappa shape index (κ2) is 7.29. The molecule has 2 N–H and O–H groups in total. The van der Waals surface area contributed by atoms with Crippen LogP contribution in [0.5, 0.6) is 0 Å². The maximum atomic E-state index is 12.2. The molecule has 0 aliphatic rings. The number of nitrogens with zero attached hydrogens (tertiary/aromatic N) is 2. The molecule has 0 radical (unpaired) electrons. The Morgan fingerprint density at radius 3 is 2.42 bits per heavy atom. The fourth-order valence-corrected chi connectivity index (χ4v) is 3.19. The number of carbonyl (C=O) groups excluding carboxylic acids is 1. The first-order chi connectivity index (χ1) is 11.2. The standard InChI is InChI=1S/C14H17ClN4O4S/c1-8(13(20)16-9(2)14-17-10(3)18-23-14)19-24(21,22)12-6-4-11(15)5-7-12/h4-9,19H,1-3H3,(H,16,20)/t8-,9?/m0/s1. The highest BCUT2D eigenvalue weighted by atomic mass is 35.5. The van der Waals surface area contributed by atoms with Gasteiger partial charge in [0.25, 0.3) is 0 Å². The predicted molar refractivity (Wildman–Crippen MR) is 86.8 cm³/mol. The number of carbonyl (C=O) groups is 1. The number of aryl methyl sites for hydroxylation is 1. The quantitative estimate of drug-likeness (QED) is 0.795. The van der Waals surface area contributed by atoms with Crippen molar-refractivity contribution in [1.82, 2.24) is 20.2 Å². The Morgan fingerprint density at radius 2 is 1.88 bits per heavy atom. The van der Waals surface area contributed by atoms with Crippen LogP contribution < -0.4 is 10.0 Å². The normalized spacial score (nSPS) is 14.2. The minimum absolute atomic E-state index is 0.0205. The summed E-state index contributed by atoms with van der Waals surface area (Å²) in [4.78, 5) is 16.2. The molecule has 1 aromatic carbocycles. The first-order valence-electron chi connectivity index (χ1n) is 7.07. The molecule has 2 atom stereocenters. The van der Waals surface area contributed by atoms with Gasteiger partial charge in [-0.3, -0.25) is 4.79 Å². The fraction of sp³-hybridized carbons (Fsp3) is 0.357. The minimum Gasteiger partial charge on any atom is -0.343 e. The smallest absolute Gasteiger partial charge is 0.248 e. The molecule has 0 bridgehead atoms. The molecule has 0 saturated carbocycles. The van der Waals surface area contributed by atoms with Crippen LogP contribution in [0.15, 0.2) is 33.7 Å². The van der Waals surface area contributed by atoms with Crippen molar-refractivity contribution in [2.75, 3.05) is 0 Å². The molecular weight excluding hydrogens is 356 g/mol. The van der Waals surface area contributed by atoms with Crippen LogP contribution in [-0.4, -0.2) is 30.5 Å². The van der Waals surface area contributed by atoms with Gasteiger partial charge in [-0.25, -0.2) is 8.42 Å². The summed E-state index contributed by atoms with van der Waals surface area (Å²) in [5.41, 5.74) is 0.